The number of nitrogens with zero attached hydrogens (tertiary/aromatic N) is 2. The van der Waals surface area contributed by atoms with Crippen molar-refractivity contribution in [3.63, 3.8) is 0 Å². The molecule has 2 nitrogen and oxygen atoms in total. The second-order valence-electron chi connectivity index (χ2n) is 13.3. The van der Waals surface area contributed by atoms with E-state index in [9.17, 15) is 0 Å². The molecule has 0 heterocycles. The van der Waals surface area contributed by atoms with Gasteiger partial charge in [-0.2, -0.15) is 0 Å². The first kappa shape index (κ1) is 28.6. The predicted molar refractivity (Wildman–Crippen MR) is 214 cm³/mol. The van der Waals surface area contributed by atoms with Crippen LogP contribution in [0.3, 0.4) is 0 Å². The SMILES string of the molecule is C1=c2ccccc2=CC(N(c2ccccc2)c2ccc3ccc4c(N(c5ccccc5)c5ccc6ccccc6c5)ccc5ccc2c3c54)C1. The molecule has 2 heteroatoms. The second-order valence-corrected chi connectivity index (χ2v) is 13.3. The van der Waals surface area contributed by atoms with E-state index in [1.807, 2.05) is 0 Å². The van der Waals surface area contributed by atoms with Gasteiger partial charge in [0, 0.05) is 33.5 Å². The molecule has 0 amide bonds. The molecule has 0 saturated heterocycles. The van der Waals surface area contributed by atoms with Gasteiger partial charge in [-0.25, -0.2) is 0 Å². The molecule has 50 heavy (non-hydrogen) atoms. The molecule has 0 aromatic heterocycles. The minimum Gasteiger partial charge on any atom is -0.334 e. The summed E-state index contributed by atoms with van der Waals surface area (Å²) in [6, 6.07) is 64.5. The molecule has 1 aliphatic carbocycles. The molecule has 0 aliphatic heterocycles. The average molecular weight is 639 g/mol. The van der Waals surface area contributed by atoms with E-state index in [2.05, 4.69) is 198 Å². The van der Waals surface area contributed by atoms with Crippen molar-refractivity contribution in [2.75, 3.05) is 9.80 Å². The Labute approximate surface area is 291 Å². The van der Waals surface area contributed by atoms with E-state index < -0.39 is 0 Å². The highest BCUT2D eigenvalue weighted by atomic mass is 15.2. The Morgan fingerprint density at radius 1 is 0.400 bits per heavy atom. The molecular weight excluding hydrogens is 605 g/mol. The van der Waals surface area contributed by atoms with Crippen molar-refractivity contribution in [2.24, 2.45) is 0 Å². The van der Waals surface area contributed by atoms with Gasteiger partial charge in [0.15, 0.2) is 0 Å². The topological polar surface area (TPSA) is 6.48 Å². The third-order valence-electron chi connectivity index (χ3n) is 10.4. The molecule has 0 saturated carbocycles. The Morgan fingerprint density at radius 3 is 1.70 bits per heavy atom. The van der Waals surface area contributed by atoms with Crippen molar-refractivity contribution < 1.29 is 0 Å². The maximum atomic E-state index is 2.55. The highest BCUT2D eigenvalue weighted by molar-refractivity contribution is 6.28. The molecule has 0 bridgehead atoms. The maximum Gasteiger partial charge on any atom is 0.0566 e. The summed E-state index contributed by atoms with van der Waals surface area (Å²) in [7, 11) is 0. The van der Waals surface area contributed by atoms with E-state index in [-0.39, 0.29) is 6.04 Å². The molecule has 0 radical (unpaired) electrons. The molecule has 9 aromatic carbocycles. The molecule has 9 aromatic rings. The second kappa shape index (κ2) is 11.6. The van der Waals surface area contributed by atoms with Crippen LogP contribution in [0.2, 0.25) is 0 Å². The maximum absolute atomic E-state index is 2.55. The number of benzene rings is 9. The highest BCUT2D eigenvalue weighted by Crippen LogP contribution is 2.47. The van der Waals surface area contributed by atoms with Crippen LogP contribution in [0.5, 0.6) is 0 Å². The summed E-state index contributed by atoms with van der Waals surface area (Å²) in [5.74, 6) is 0. The third kappa shape index (κ3) is 4.64. The molecule has 236 valence electrons. The van der Waals surface area contributed by atoms with Gasteiger partial charge in [0.25, 0.3) is 0 Å². The first-order chi connectivity index (χ1) is 24.8. The Hall–Kier alpha value is -6.38. The van der Waals surface area contributed by atoms with Crippen LogP contribution in [-0.2, 0) is 0 Å². The smallest absolute Gasteiger partial charge is 0.0566 e. The van der Waals surface area contributed by atoms with E-state index in [1.54, 1.807) is 0 Å². The number of anilines is 5. The molecule has 10 rings (SSSR count). The monoisotopic (exact) mass is 638 g/mol. The summed E-state index contributed by atoms with van der Waals surface area (Å²) in [5.41, 5.74) is 5.88. The number of fused-ring (bicyclic) bond motifs is 2. The fourth-order valence-electron chi connectivity index (χ4n) is 8.14. The van der Waals surface area contributed by atoms with E-state index in [1.165, 1.54) is 70.6 Å². The molecule has 1 unspecified atom stereocenters. The van der Waals surface area contributed by atoms with Gasteiger partial charge in [0.05, 0.1) is 11.7 Å². The van der Waals surface area contributed by atoms with Crippen molar-refractivity contribution >= 4 is 83.7 Å². The van der Waals surface area contributed by atoms with E-state index >= 15 is 0 Å². The fraction of sp³-hybridized carbons (Fsp3) is 0.0417. The van der Waals surface area contributed by atoms with Crippen molar-refractivity contribution in [3.05, 3.63) is 186 Å². The Balaban J connectivity index is 1.21. The molecule has 0 fully saturated rings. The van der Waals surface area contributed by atoms with Gasteiger partial charge in [-0.1, -0.05) is 140 Å². The summed E-state index contributed by atoms with van der Waals surface area (Å²) in [6.07, 6.45) is 5.78. The number of rotatable bonds is 6. The van der Waals surface area contributed by atoms with Crippen molar-refractivity contribution in [2.45, 2.75) is 12.5 Å². The van der Waals surface area contributed by atoms with E-state index in [0.717, 1.165) is 17.8 Å². The van der Waals surface area contributed by atoms with Crippen LogP contribution in [0.4, 0.5) is 28.4 Å². The lowest BCUT2D eigenvalue weighted by molar-refractivity contribution is 0.840. The predicted octanol–water partition coefficient (Wildman–Crippen LogP) is 11.4. The van der Waals surface area contributed by atoms with Crippen molar-refractivity contribution in [3.8, 4) is 0 Å². The highest BCUT2D eigenvalue weighted by Gasteiger charge is 2.24. The summed E-state index contributed by atoms with van der Waals surface area (Å²) in [4.78, 5) is 4.96. The number of para-hydroxylation sites is 2. The third-order valence-corrected chi connectivity index (χ3v) is 10.4. The van der Waals surface area contributed by atoms with Crippen LogP contribution in [0, 0.1) is 0 Å². The van der Waals surface area contributed by atoms with Crippen molar-refractivity contribution in [1.29, 1.82) is 0 Å². The first-order valence-electron chi connectivity index (χ1n) is 17.5. The first-order valence-corrected chi connectivity index (χ1v) is 17.5. The zero-order valence-electron chi connectivity index (χ0n) is 27.6. The molecular formula is C48H34N2. The fourth-order valence-corrected chi connectivity index (χ4v) is 8.14. The zero-order valence-corrected chi connectivity index (χ0v) is 27.6. The molecule has 1 atom stereocenters. The van der Waals surface area contributed by atoms with Gasteiger partial charge in [-0.3, -0.25) is 0 Å². The summed E-state index contributed by atoms with van der Waals surface area (Å²) >= 11 is 0. The van der Waals surface area contributed by atoms with Crippen LogP contribution < -0.4 is 20.2 Å². The van der Waals surface area contributed by atoms with Crippen LogP contribution in [0.15, 0.2) is 176 Å². The Bertz CT molecular complexity index is 2800. The lowest BCUT2D eigenvalue weighted by Crippen LogP contribution is -2.37. The Morgan fingerprint density at radius 2 is 0.960 bits per heavy atom. The van der Waals surface area contributed by atoms with Gasteiger partial charge < -0.3 is 9.80 Å². The van der Waals surface area contributed by atoms with Gasteiger partial charge >= 0.3 is 0 Å². The van der Waals surface area contributed by atoms with Gasteiger partial charge in [-0.05, 0) is 97.7 Å². The van der Waals surface area contributed by atoms with Crippen LogP contribution in [0.1, 0.15) is 6.42 Å². The van der Waals surface area contributed by atoms with Gasteiger partial charge in [0.1, 0.15) is 0 Å². The number of hydrogen-bond donors (Lipinski definition) is 0. The van der Waals surface area contributed by atoms with Gasteiger partial charge in [0.2, 0.25) is 0 Å². The molecule has 1 aliphatic rings. The van der Waals surface area contributed by atoms with Crippen LogP contribution in [0.25, 0.3) is 55.2 Å². The van der Waals surface area contributed by atoms with Crippen molar-refractivity contribution in [1.82, 2.24) is 0 Å². The minimum absolute atomic E-state index is 0.183. The largest absolute Gasteiger partial charge is 0.334 e. The quantitative estimate of drug-likeness (QED) is 0.167. The molecule has 0 spiro atoms. The Kier molecular flexibility index (Phi) is 6.67. The normalized spacial score (nSPS) is 14.0. The average Bonchev–Trinajstić information content (AvgIpc) is 3.19. The standard InChI is InChI=1S/C48H34N2/c1-3-15-39(16-4-1)49(41-25-19-33-11-7-9-13-37(33)31-41)45-29-23-35-22-28-44-46(30-24-36-21-27-43(45)47(35)48(36)44)50(40-17-5-2-6-18-40)42-26-20-34-12-8-10-14-38(34)32-42/h1-25,27-32,42H,26H2. The van der Waals surface area contributed by atoms with E-state index in [4.69, 9.17) is 0 Å². The number of hydrogen-bond acceptors (Lipinski definition) is 2. The molecule has 0 N–H and O–H groups in total. The van der Waals surface area contributed by atoms with Gasteiger partial charge in [-0.15, -0.1) is 0 Å². The summed E-state index contributed by atoms with van der Waals surface area (Å²) in [5, 5.41) is 12.7. The van der Waals surface area contributed by atoms with Crippen LogP contribution in [-0.4, -0.2) is 6.04 Å². The zero-order chi connectivity index (χ0) is 33.0. The minimum atomic E-state index is 0.183. The summed E-state index contributed by atoms with van der Waals surface area (Å²) < 4.78 is 0. The lowest BCUT2D eigenvalue weighted by atomic mass is 9.91. The summed E-state index contributed by atoms with van der Waals surface area (Å²) in [6.45, 7) is 0. The van der Waals surface area contributed by atoms with Crippen LogP contribution >= 0.6 is 0 Å². The lowest BCUT2D eigenvalue weighted by Gasteiger charge is -2.34. The van der Waals surface area contributed by atoms with E-state index in [0.29, 0.717) is 0 Å².